The van der Waals surface area contributed by atoms with Crippen LogP contribution in [0.25, 0.3) is 11.1 Å². The van der Waals surface area contributed by atoms with Gasteiger partial charge in [0, 0.05) is 18.2 Å². The number of halogens is 2. The molecule has 0 radical (unpaired) electrons. The molecule has 0 bridgehead atoms. The Morgan fingerprint density at radius 2 is 1.88 bits per heavy atom. The van der Waals surface area contributed by atoms with Crippen LogP contribution < -0.4 is 5.32 Å². The van der Waals surface area contributed by atoms with E-state index in [-0.39, 0.29) is 17.8 Å². The quantitative estimate of drug-likeness (QED) is 0.890. The summed E-state index contributed by atoms with van der Waals surface area (Å²) in [4.78, 5) is 24.8. The molecule has 2 aromatic carbocycles. The Bertz CT molecular complexity index is 811. The number of likely N-dealkylation sites (tertiary alicyclic amines) is 1. The first-order valence-electron chi connectivity index (χ1n) is 7.82. The fraction of sp³-hybridized carbons (Fsp3) is 0.222. The molecule has 0 unspecified atom stereocenters. The highest BCUT2D eigenvalue weighted by Gasteiger charge is 2.34. The number of anilines is 1. The number of carbonyl (C=O) groups is 2. The van der Waals surface area contributed by atoms with Crippen LogP contribution in [-0.2, 0) is 4.79 Å². The number of rotatable bonds is 3. The molecule has 0 aromatic heterocycles. The van der Waals surface area contributed by atoms with Crippen LogP contribution in [-0.4, -0.2) is 34.6 Å². The first-order chi connectivity index (χ1) is 12.0. The molecule has 1 heterocycles. The molecule has 0 saturated carbocycles. The number of urea groups is 1. The van der Waals surface area contributed by atoms with Gasteiger partial charge in [0.15, 0.2) is 0 Å². The third-order valence-electron chi connectivity index (χ3n) is 4.16. The molecule has 1 aliphatic rings. The second-order valence-corrected chi connectivity index (χ2v) is 5.80. The van der Waals surface area contributed by atoms with Crippen molar-refractivity contribution in [1.29, 1.82) is 0 Å². The van der Waals surface area contributed by atoms with Gasteiger partial charge in [-0.05, 0) is 24.5 Å². The Morgan fingerprint density at radius 3 is 2.56 bits per heavy atom. The number of nitrogens with one attached hydrogen (secondary N) is 1. The summed E-state index contributed by atoms with van der Waals surface area (Å²) in [7, 11) is 0. The van der Waals surface area contributed by atoms with Crippen molar-refractivity contribution in [2.75, 3.05) is 11.9 Å². The summed E-state index contributed by atoms with van der Waals surface area (Å²) in [6.07, 6.45) is 0.916. The van der Waals surface area contributed by atoms with Gasteiger partial charge in [0.2, 0.25) is 0 Å². The summed E-state index contributed by atoms with van der Waals surface area (Å²) in [5, 5.41) is 11.6. The van der Waals surface area contributed by atoms with E-state index in [1.807, 2.05) is 0 Å². The standard InChI is InChI=1S/C18H16F2N2O3/c19-12-9-13(20)16(11-5-2-1-3-6-11)14(10-12)21-18(25)22-8-4-7-15(22)17(23)24/h1-3,5-6,9-10,15H,4,7-8H2,(H,21,25)(H,23,24)/t15-/m1/s1. The van der Waals surface area contributed by atoms with Crippen molar-refractivity contribution in [3.63, 3.8) is 0 Å². The topological polar surface area (TPSA) is 69.6 Å². The normalized spacial score (nSPS) is 16.7. The smallest absolute Gasteiger partial charge is 0.326 e. The molecule has 0 aliphatic carbocycles. The largest absolute Gasteiger partial charge is 0.480 e. The minimum absolute atomic E-state index is 0.0373. The summed E-state index contributed by atoms with van der Waals surface area (Å²) in [6.45, 7) is 0.279. The number of aliphatic carboxylic acids is 1. The van der Waals surface area contributed by atoms with E-state index in [4.69, 9.17) is 0 Å². The number of carboxylic acid groups (broad SMARTS) is 1. The van der Waals surface area contributed by atoms with Crippen molar-refractivity contribution in [2.45, 2.75) is 18.9 Å². The number of amides is 2. The lowest BCUT2D eigenvalue weighted by Gasteiger charge is -2.23. The average molecular weight is 346 g/mol. The monoisotopic (exact) mass is 346 g/mol. The number of hydrogen-bond donors (Lipinski definition) is 2. The fourth-order valence-corrected chi connectivity index (χ4v) is 3.02. The zero-order valence-electron chi connectivity index (χ0n) is 13.2. The van der Waals surface area contributed by atoms with Gasteiger partial charge < -0.3 is 15.3 Å². The van der Waals surface area contributed by atoms with E-state index in [0.29, 0.717) is 18.4 Å². The van der Waals surface area contributed by atoms with Crippen molar-refractivity contribution >= 4 is 17.7 Å². The van der Waals surface area contributed by atoms with Gasteiger partial charge in [-0.25, -0.2) is 18.4 Å². The van der Waals surface area contributed by atoms with Crippen LogP contribution in [0.5, 0.6) is 0 Å². The molecule has 1 aliphatic heterocycles. The van der Waals surface area contributed by atoms with Crippen molar-refractivity contribution in [3.05, 3.63) is 54.1 Å². The molecule has 25 heavy (non-hydrogen) atoms. The second kappa shape index (κ2) is 6.88. The number of carboxylic acids is 1. The minimum Gasteiger partial charge on any atom is -0.480 e. The molecule has 5 nitrogen and oxygen atoms in total. The van der Waals surface area contributed by atoms with Crippen molar-refractivity contribution in [2.24, 2.45) is 0 Å². The molecule has 0 spiro atoms. The third kappa shape index (κ3) is 3.45. The van der Waals surface area contributed by atoms with Crippen LogP contribution in [0.2, 0.25) is 0 Å². The van der Waals surface area contributed by atoms with Crippen LogP contribution in [0.3, 0.4) is 0 Å². The van der Waals surface area contributed by atoms with Gasteiger partial charge in [-0.2, -0.15) is 0 Å². The van der Waals surface area contributed by atoms with E-state index in [9.17, 15) is 23.5 Å². The zero-order chi connectivity index (χ0) is 18.0. The van der Waals surface area contributed by atoms with Crippen LogP contribution in [0, 0.1) is 11.6 Å². The van der Waals surface area contributed by atoms with Gasteiger partial charge in [-0.15, -0.1) is 0 Å². The van der Waals surface area contributed by atoms with Crippen LogP contribution >= 0.6 is 0 Å². The third-order valence-corrected chi connectivity index (χ3v) is 4.16. The van der Waals surface area contributed by atoms with Crippen molar-refractivity contribution in [1.82, 2.24) is 4.90 Å². The SMILES string of the molecule is O=C(O)[C@H]1CCCN1C(=O)Nc1cc(F)cc(F)c1-c1ccccc1. The second-order valence-electron chi connectivity index (χ2n) is 5.80. The summed E-state index contributed by atoms with van der Waals surface area (Å²) in [6, 6.07) is 8.58. The van der Waals surface area contributed by atoms with Gasteiger partial charge in [0.1, 0.15) is 17.7 Å². The van der Waals surface area contributed by atoms with Crippen molar-refractivity contribution in [3.8, 4) is 11.1 Å². The maximum atomic E-state index is 14.3. The minimum atomic E-state index is -1.10. The molecular weight excluding hydrogens is 330 g/mol. The Kier molecular flexibility index (Phi) is 4.65. The fourth-order valence-electron chi connectivity index (χ4n) is 3.02. The van der Waals surface area contributed by atoms with E-state index < -0.39 is 29.7 Å². The predicted octanol–water partition coefficient (Wildman–Crippen LogP) is 3.71. The molecule has 1 fully saturated rings. The highest BCUT2D eigenvalue weighted by Crippen LogP contribution is 2.32. The lowest BCUT2D eigenvalue weighted by molar-refractivity contribution is -0.141. The first kappa shape index (κ1) is 16.9. The Hall–Kier alpha value is -2.96. The number of carbonyl (C=O) groups excluding carboxylic acids is 1. The Morgan fingerprint density at radius 1 is 1.16 bits per heavy atom. The summed E-state index contributed by atoms with van der Waals surface area (Å²) >= 11 is 0. The van der Waals surface area contributed by atoms with E-state index >= 15 is 0 Å². The molecule has 7 heteroatoms. The molecule has 1 saturated heterocycles. The van der Waals surface area contributed by atoms with Crippen LogP contribution in [0.15, 0.2) is 42.5 Å². The van der Waals surface area contributed by atoms with Crippen LogP contribution in [0.4, 0.5) is 19.3 Å². The summed E-state index contributed by atoms with van der Waals surface area (Å²) in [5.41, 5.74) is 0.498. The van der Waals surface area contributed by atoms with Gasteiger partial charge >= 0.3 is 12.0 Å². The van der Waals surface area contributed by atoms with E-state index in [0.717, 1.165) is 12.1 Å². The van der Waals surface area contributed by atoms with Gasteiger partial charge in [0.05, 0.1) is 5.69 Å². The molecule has 1 atom stereocenters. The van der Waals surface area contributed by atoms with E-state index in [1.54, 1.807) is 30.3 Å². The molecular formula is C18H16F2N2O3. The zero-order valence-corrected chi connectivity index (χ0v) is 13.2. The van der Waals surface area contributed by atoms with Gasteiger partial charge in [0.25, 0.3) is 0 Å². The Labute approximate surface area is 142 Å². The first-order valence-corrected chi connectivity index (χ1v) is 7.82. The number of nitrogens with zero attached hydrogens (tertiary/aromatic N) is 1. The molecule has 3 rings (SSSR count). The number of hydrogen-bond acceptors (Lipinski definition) is 2. The maximum Gasteiger partial charge on any atom is 0.326 e. The molecule has 2 aromatic rings. The van der Waals surface area contributed by atoms with E-state index in [2.05, 4.69) is 5.32 Å². The lowest BCUT2D eigenvalue weighted by Crippen LogP contribution is -2.42. The lowest BCUT2D eigenvalue weighted by atomic mass is 10.0. The van der Waals surface area contributed by atoms with Crippen molar-refractivity contribution < 1.29 is 23.5 Å². The van der Waals surface area contributed by atoms with Crippen LogP contribution in [0.1, 0.15) is 12.8 Å². The summed E-state index contributed by atoms with van der Waals surface area (Å²) in [5.74, 6) is -2.73. The van der Waals surface area contributed by atoms with Gasteiger partial charge in [-0.3, -0.25) is 0 Å². The highest BCUT2D eigenvalue weighted by atomic mass is 19.1. The van der Waals surface area contributed by atoms with Gasteiger partial charge in [-0.1, -0.05) is 30.3 Å². The average Bonchev–Trinajstić information content (AvgIpc) is 3.05. The summed E-state index contributed by atoms with van der Waals surface area (Å²) < 4.78 is 28.0. The predicted molar refractivity (Wildman–Crippen MR) is 88.2 cm³/mol. The molecule has 130 valence electrons. The number of benzene rings is 2. The Balaban J connectivity index is 1.95. The van der Waals surface area contributed by atoms with E-state index in [1.165, 1.54) is 4.90 Å². The molecule has 2 amide bonds. The highest BCUT2D eigenvalue weighted by molar-refractivity contribution is 5.96. The maximum absolute atomic E-state index is 14.3. The molecule has 2 N–H and O–H groups in total.